The van der Waals surface area contributed by atoms with Crippen LogP contribution in [0.15, 0.2) is 94.9 Å². The van der Waals surface area contributed by atoms with Gasteiger partial charge in [0.05, 0.1) is 28.2 Å². The molecule has 0 radical (unpaired) electrons. The van der Waals surface area contributed by atoms with Crippen LogP contribution in [0.4, 0.5) is 11.4 Å². The van der Waals surface area contributed by atoms with E-state index in [0.29, 0.717) is 24.0 Å². The molecule has 4 rings (SSSR count). The van der Waals surface area contributed by atoms with Crippen LogP contribution in [0, 0.1) is 11.8 Å². The third kappa shape index (κ3) is 16.4. The van der Waals surface area contributed by atoms with Crippen LogP contribution in [0.3, 0.4) is 0 Å². The zero-order valence-corrected chi connectivity index (χ0v) is 33.5. The number of aromatic carboxylic acids is 2. The molecule has 4 N–H and O–H groups in total. The van der Waals surface area contributed by atoms with Gasteiger partial charge in [0.1, 0.15) is 17.2 Å². The van der Waals surface area contributed by atoms with Gasteiger partial charge in [-0.15, -0.1) is 0 Å². The van der Waals surface area contributed by atoms with Crippen molar-refractivity contribution in [3.63, 3.8) is 0 Å². The normalized spacial score (nSPS) is 10.7. The van der Waals surface area contributed by atoms with Crippen LogP contribution in [0.25, 0.3) is 0 Å². The molecule has 300 valence electrons. The van der Waals surface area contributed by atoms with Gasteiger partial charge in [-0.1, -0.05) is 126 Å². The Morgan fingerprint density at radius 3 is 1.46 bits per heavy atom. The van der Waals surface area contributed by atoms with Crippen molar-refractivity contribution >= 4 is 34.7 Å². The number of phenols is 2. The second kappa shape index (κ2) is 27.1. The summed E-state index contributed by atoms with van der Waals surface area (Å²) in [6.45, 7) is 8.20. The molecule has 0 unspecified atom stereocenters. The van der Waals surface area contributed by atoms with E-state index < -0.39 is 34.9 Å². The zero-order valence-electron chi connectivity index (χ0n) is 32.5. The van der Waals surface area contributed by atoms with Crippen molar-refractivity contribution in [2.45, 2.75) is 98.3 Å². The monoisotopic (exact) mass is 806 g/mol. The smallest absolute Gasteiger partial charge is 0.869 e. The van der Waals surface area contributed by atoms with Gasteiger partial charge >= 0.3 is 28.4 Å². The van der Waals surface area contributed by atoms with Gasteiger partial charge in [-0.3, -0.25) is 4.99 Å². The molecule has 4 aromatic rings. The number of carboxylic acid groups (broad SMARTS) is 2. The average molecular weight is 808 g/mol. The number of aryl methyl sites for hydroxylation is 2. The molecule has 56 heavy (non-hydrogen) atoms. The number of benzene rings is 4. The second-order valence-corrected chi connectivity index (χ2v) is 12.6. The van der Waals surface area contributed by atoms with Crippen LogP contribution in [0.5, 0.6) is 23.0 Å². The first-order chi connectivity index (χ1) is 26.5. The van der Waals surface area contributed by atoms with E-state index in [4.69, 9.17) is 30.4 Å². The molecule has 0 aliphatic carbocycles. The molecule has 0 spiro atoms. The Kier molecular flexibility index (Phi) is 23.4. The summed E-state index contributed by atoms with van der Waals surface area (Å²) in [5.74, 6) is 1.45. The number of phenolic OH excluding ortho intramolecular Hbond substituents is 2. The quantitative estimate of drug-likeness (QED) is 0.0396. The number of carboxylic acids is 2. The number of rotatable bonds is 15. The molecule has 0 saturated carbocycles. The van der Waals surface area contributed by atoms with E-state index in [0.717, 1.165) is 67.7 Å². The van der Waals surface area contributed by atoms with Crippen LogP contribution in [-0.2, 0) is 29.3 Å². The van der Waals surface area contributed by atoms with E-state index in [1.165, 1.54) is 37.1 Å². The van der Waals surface area contributed by atoms with Gasteiger partial charge in [-0.2, -0.15) is 0 Å². The summed E-state index contributed by atoms with van der Waals surface area (Å²) in [6.07, 6.45) is 10.1. The van der Waals surface area contributed by atoms with Gasteiger partial charge in [-0.25, -0.2) is 14.6 Å². The summed E-state index contributed by atoms with van der Waals surface area (Å²) in [4.78, 5) is 31.2. The Labute approximate surface area is 340 Å². The van der Waals surface area contributed by atoms with Crippen molar-refractivity contribution in [2.24, 2.45) is 9.98 Å². The van der Waals surface area contributed by atoms with Crippen molar-refractivity contribution < 1.29 is 56.7 Å². The zero-order chi connectivity index (χ0) is 40.6. The molecule has 0 aliphatic rings. The molecule has 10 nitrogen and oxygen atoms in total. The maximum atomic E-state index is 11.3. The maximum absolute atomic E-state index is 11.3. The van der Waals surface area contributed by atoms with Crippen molar-refractivity contribution in [2.75, 3.05) is 0 Å². The average Bonchev–Trinajstić information content (AvgIpc) is 3.17. The Bertz CT molecular complexity index is 1860. The predicted molar refractivity (Wildman–Crippen MR) is 216 cm³/mol. The largest absolute Gasteiger partial charge is 2.00 e. The van der Waals surface area contributed by atoms with Gasteiger partial charge < -0.3 is 30.6 Å². The molecule has 0 heterocycles. The van der Waals surface area contributed by atoms with Gasteiger partial charge in [0.25, 0.3) is 0 Å². The van der Waals surface area contributed by atoms with E-state index in [1.807, 2.05) is 74.5 Å². The van der Waals surface area contributed by atoms with E-state index in [2.05, 4.69) is 25.7 Å². The molecule has 11 heteroatoms. The first-order valence-electron chi connectivity index (χ1n) is 18.7. The van der Waals surface area contributed by atoms with Crippen LogP contribution in [0.2, 0.25) is 0 Å². The summed E-state index contributed by atoms with van der Waals surface area (Å²) in [6, 6.07) is 25.6. The fraction of sp³-hybridized carbons (Fsp3) is 0.333. The van der Waals surface area contributed by atoms with Crippen LogP contribution in [0.1, 0.15) is 117 Å². The minimum Gasteiger partial charge on any atom is -0.869 e. The predicted octanol–water partition coefficient (Wildman–Crippen LogP) is 9.54. The van der Waals surface area contributed by atoms with E-state index in [1.54, 1.807) is 0 Å². The third-order valence-corrected chi connectivity index (χ3v) is 8.08. The van der Waals surface area contributed by atoms with Gasteiger partial charge in [0, 0.05) is 6.42 Å². The molecule has 0 bridgehead atoms. The SMILES string of the molecule is CCCCCC#CC(=Nc1ccccc1)C(CCCC)=Nc1ccccc1.CCCc1ccc(O)c([O-])c1C(=O)O.CCCc1ccc(O)c([O-])c1C(=O)O.[Ni+2]. The van der Waals surface area contributed by atoms with Gasteiger partial charge in [0.15, 0.2) is 0 Å². The molecule has 4 aromatic carbocycles. The summed E-state index contributed by atoms with van der Waals surface area (Å²) in [7, 11) is 0. The number of aromatic hydroxyl groups is 2. The maximum Gasteiger partial charge on any atom is 2.00 e. The number of nitrogens with zero attached hydrogens (tertiary/aromatic N) is 2. The van der Waals surface area contributed by atoms with Crippen molar-refractivity contribution in [3.8, 4) is 34.8 Å². The van der Waals surface area contributed by atoms with E-state index in [-0.39, 0.29) is 27.6 Å². The summed E-state index contributed by atoms with van der Waals surface area (Å²) < 4.78 is 0. The molecule has 0 aliphatic heterocycles. The molecule has 0 fully saturated rings. The van der Waals surface area contributed by atoms with Gasteiger partial charge in [-0.05, 0) is 85.5 Å². The Hall–Kier alpha value is -5.59. The standard InChI is InChI=1S/C25H30N2.2C10H12O4.Ni/c1-3-5-7-8-15-21-25(27-23-18-13-10-14-19-23)24(20-6-4-2)26-22-16-11-9-12-17-22;2*1-2-3-6-4-5-7(11)9(12)8(6)10(13)14;/h9-14,16-19H,3-8,20H2,1-2H3;2*4-5,11-12H,2-3H2,1H3,(H,13,14);/q;;;+2/p-2. The molecule has 0 atom stereocenters. The number of unbranched alkanes of at least 4 members (excludes halogenated alkanes) is 4. The number of carbonyl (C=O) groups is 2. The summed E-state index contributed by atoms with van der Waals surface area (Å²) in [5.41, 5.74) is 3.99. The first kappa shape index (κ1) is 48.4. The minimum absolute atomic E-state index is 0. The number of para-hydroxylation sites is 2. The van der Waals surface area contributed by atoms with E-state index >= 15 is 0 Å². The van der Waals surface area contributed by atoms with Crippen molar-refractivity contribution in [3.05, 3.63) is 107 Å². The number of hydrogen-bond acceptors (Lipinski definition) is 8. The van der Waals surface area contributed by atoms with Crippen LogP contribution in [-0.4, -0.2) is 43.8 Å². The topological polar surface area (TPSA) is 186 Å². The fourth-order valence-corrected chi connectivity index (χ4v) is 5.28. The number of aliphatic imine (C=N–C) groups is 2. The Morgan fingerprint density at radius 1 is 0.607 bits per heavy atom. The molecule has 0 saturated heterocycles. The fourth-order valence-electron chi connectivity index (χ4n) is 5.28. The van der Waals surface area contributed by atoms with Gasteiger partial charge in [0.2, 0.25) is 0 Å². The Morgan fingerprint density at radius 2 is 1.05 bits per heavy atom. The van der Waals surface area contributed by atoms with Crippen LogP contribution < -0.4 is 10.2 Å². The minimum atomic E-state index is -1.28. The van der Waals surface area contributed by atoms with E-state index in [9.17, 15) is 19.8 Å². The van der Waals surface area contributed by atoms with Crippen molar-refractivity contribution in [1.29, 1.82) is 0 Å². The third-order valence-electron chi connectivity index (χ3n) is 8.08. The van der Waals surface area contributed by atoms with Crippen LogP contribution >= 0.6 is 0 Å². The van der Waals surface area contributed by atoms with Crippen molar-refractivity contribution in [1.82, 2.24) is 0 Å². The molecule has 0 aromatic heterocycles. The second-order valence-electron chi connectivity index (χ2n) is 12.6. The molecule has 0 amide bonds. The molecular formula is C45H52N2NiO8. The summed E-state index contributed by atoms with van der Waals surface area (Å²) >= 11 is 0. The molecular weight excluding hydrogens is 755 g/mol. The number of hydrogen-bond donors (Lipinski definition) is 4. The first-order valence-corrected chi connectivity index (χ1v) is 18.7. The Balaban J connectivity index is 0.000000457. The summed E-state index contributed by atoms with van der Waals surface area (Å²) in [5, 5.41) is 58.3.